The van der Waals surface area contributed by atoms with Gasteiger partial charge in [0.15, 0.2) is 8.32 Å². The van der Waals surface area contributed by atoms with Gasteiger partial charge < -0.3 is 9.16 Å². The second kappa shape index (κ2) is 12.9. The fourth-order valence-corrected chi connectivity index (χ4v) is 4.79. The number of aromatic nitrogens is 1. The lowest BCUT2D eigenvalue weighted by Gasteiger charge is -2.37. The van der Waals surface area contributed by atoms with Crippen LogP contribution < -0.4 is 0 Å². The molecule has 0 radical (unpaired) electrons. The Hall–Kier alpha value is -1.24. The van der Waals surface area contributed by atoms with Crippen LogP contribution in [0.3, 0.4) is 0 Å². The van der Waals surface area contributed by atoms with Gasteiger partial charge in [0.2, 0.25) is 0 Å². The van der Waals surface area contributed by atoms with Gasteiger partial charge in [-0.25, -0.2) is 4.98 Å². The second-order valence-electron chi connectivity index (χ2n) is 10.6. The van der Waals surface area contributed by atoms with Crippen LogP contribution in [0.5, 0.6) is 0 Å². The normalized spacial score (nSPS) is 15.6. The maximum Gasteiger partial charge on any atom is 0.303 e. The van der Waals surface area contributed by atoms with E-state index in [4.69, 9.17) is 9.16 Å². The average Bonchev–Trinajstić information content (AvgIpc) is 3.06. The predicted octanol–water partition coefficient (Wildman–Crippen LogP) is 7.95. The van der Waals surface area contributed by atoms with Gasteiger partial charge in [-0.15, -0.1) is 11.3 Å². The largest absolute Gasteiger partial charge is 0.458 e. The van der Waals surface area contributed by atoms with Crippen molar-refractivity contribution in [2.24, 2.45) is 5.92 Å². The lowest BCUT2D eigenvalue weighted by molar-refractivity contribution is -0.144. The number of hydrogen-bond acceptors (Lipinski definition) is 5. The number of aryl methyl sites for hydroxylation is 1. The Bertz CT molecular complexity index is 789. The first kappa shape index (κ1) is 28.8. The molecule has 0 aromatic carbocycles. The van der Waals surface area contributed by atoms with Crippen LogP contribution >= 0.6 is 11.3 Å². The summed E-state index contributed by atoms with van der Waals surface area (Å²) in [6.45, 7) is 22.3. The smallest absolute Gasteiger partial charge is 0.303 e. The molecule has 0 aliphatic heterocycles. The molecule has 0 bridgehead atoms. The number of rotatable bonds is 12. The summed E-state index contributed by atoms with van der Waals surface area (Å²) < 4.78 is 12.0. The molecule has 0 saturated heterocycles. The molecule has 4 nitrogen and oxygen atoms in total. The molecule has 32 heavy (non-hydrogen) atoms. The zero-order valence-corrected chi connectivity index (χ0v) is 23.8. The third-order valence-corrected chi connectivity index (χ3v) is 11.6. The zero-order chi connectivity index (χ0) is 24.5. The molecule has 0 saturated carbocycles. The minimum atomic E-state index is -1.67. The predicted molar refractivity (Wildman–Crippen MR) is 141 cm³/mol. The Morgan fingerprint density at radius 3 is 2.44 bits per heavy atom. The first-order valence-electron chi connectivity index (χ1n) is 11.8. The number of esters is 1. The van der Waals surface area contributed by atoms with Gasteiger partial charge in [-0.1, -0.05) is 39.3 Å². The van der Waals surface area contributed by atoms with E-state index in [-0.39, 0.29) is 17.1 Å². The van der Waals surface area contributed by atoms with Crippen molar-refractivity contribution >= 4 is 31.7 Å². The fraction of sp³-hybridized carbons (Fsp3) is 0.692. The summed E-state index contributed by atoms with van der Waals surface area (Å²) in [5.74, 6) is 0.316. The Morgan fingerprint density at radius 2 is 1.91 bits per heavy atom. The monoisotopic (exact) mass is 479 g/mol. The van der Waals surface area contributed by atoms with Crippen molar-refractivity contribution in [3.8, 4) is 0 Å². The minimum absolute atomic E-state index is 0.249. The van der Waals surface area contributed by atoms with Gasteiger partial charge in [0, 0.05) is 25.3 Å². The highest BCUT2D eigenvalue weighted by Gasteiger charge is 2.37. The molecule has 1 rings (SSSR count). The highest BCUT2D eigenvalue weighted by molar-refractivity contribution is 7.09. The van der Waals surface area contributed by atoms with E-state index in [1.54, 1.807) is 11.3 Å². The highest BCUT2D eigenvalue weighted by Crippen LogP contribution is 2.37. The van der Waals surface area contributed by atoms with E-state index < -0.39 is 8.32 Å². The van der Waals surface area contributed by atoms with Crippen LogP contribution in [0.4, 0.5) is 0 Å². The summed E-state index contributed by atoms with van der Waals surface area (Å²) in [6, 6.07) is 0. The Morgan fingerprint density at radius 1 is 1.25 bits per heavy atom. The van der Waals surface area contributed by atoms with Crippen molar-refractivity contribution in [3.63, 3.8) is 0 Å². The first-order chi connectivity index (χ1) is 14.7. The molecule has 0 fully saturated rings. The fourth-order valence-electron chi connectivity index (χ4n) is 3.09. The Labute approximate surface area is 201 Å². The highest BCUT2D eigenvalue weighted by atomic mass is 32.1. The van der Waals surface area contributed by atoms with Crippen LogP contribution in [-0.4, -0.2) is 32.0 Å². The molecule has 1 aromatic heterocycles. The maximum atomic E-state index is 11.6. The van der Waals surface area contributed by atoms with Crippen molar-refractivity contribution in [2.75, 3.05) is 6.61 Å². The average molecular weight is 480 g/mol. The molecule has 1 heterocycles. The molecule has 0 aliphatic carbocycles. The van der Waals surface area contributed by atoms with Crippen LogP contribution in [0.25, 0.3) is 6.08 Å². The van der Waals surface area contributed by atoms with Crippen LogP contribution in [0.15, 0.2) is 22.6 Å². The van der Waals surface area contributed by atoms with Crippen LogP contribution in [0.2, 0.25) is 18.1 Å². The van der Waals surface area contributed by atoms with E-state index in [0.717, 1.165) is 42.1 Å². The molecule has 0 spiro atoms. The summed E-state index contributed by atoms with van der Waals surface area (Å²) in [6.07, 6.45) is 8.05. The van der Waals surface area contributed by atoms with E-state index >= 15 is 0 Å². The number of thiazole rings is 1. The lowest BCUT2D eigenvalue weighted by Crippen LogP contribution is -2.41. The summed E-state index contributed by atoms with van der Waals surface area (Å²) in [5, 5.41) is 3.32. The lowest BCUT2D eigenvalue weighted by atomic mass is 10.0. The molecule has 0 amide bonds. The Balaban J connectivity index is 2.55. The van der Waals surface area contributed by atoms with E-state index in [1.807, 2.05) is 25.3 Å². The number of nitrogens with zero attached hydrogens (tertiary/aromatic N) is 1. The second-order valence-corrected chi connectivity index (χ2v) is 16.5. The SMILES string of the molecule is CC(=O)OC(C/C=C(/C)CCCC(C)CO[Si](C)(C)C(C)(C)C)/C(C)=C/c1csc(C)n1. The van der Waals surface area contributed by atoms with E-state index in [0.29, 0.717) is 12.3 Å². The van der Waals surface area contributed by atoms with Crippen molar-refractivity contribution in [1.29, 1.82) is 0 Å². The third kappa shape index (κ3) is 10.6. The molecular formula is C26H45NO3SSi. The number of carbonyl (C=O) groups is 1. The molecular weight excluding hydrogens is 434 g/mol. The zero-order valence-electron chi connectivity index (χ0n) is 22.0. The number of hydrogen-bond donors (Lipinski definition) is 0. The summed E-state index contributed by atoms with van der Waals surface area (Å²) >= 11 is 1.63. The van der Waals surface area contributed by atoms with E-state index in [9.17, 15) is 4.79 Å². The van der Waals surface area contributed by atoms with Crippen LogP contribution in [0.1, 0.15) is 84.9 Å². The summed E-state index contributed by atoms with van der Waals surface area (Å²) in [4.78, 5) is 16.1. The topological polar surface area (TPSA) is 48.4 Å². The molecule has 0 N–H and O–H groups in total. The molecule has 2 atom stereocenters. The molecule has 182 valence electrons. The van der Waals surface area contributed by atoms with Crippen molar-refractivity contribution in [2.45, 2.75) is 105 Å². The van der Waals surface area contributed by atoms with Gasteiger partial charge in [-0.3, -0.25) is 4.79 Å². The van der Waals surface area contributed by atoms with E-state index in [1.165, 1.54) is 12.5 Å². The van der Waals surface area contributed by atoms with Crippen molar-refractivity contribution in [3.05, 3.63) is 33.3 Å². The van der Waals surface area contributed by atoms with Gasteiger partial charge >= 0.3 is 5.97 Å². The molecule has 6 heteroatoms. The standard InChI is InChI=1S/C26H45NO3SSi/c1-19(12-11-13-20(2)17-29-32(9,10)26(6,7)8)14-15-25(30-23(5)28)21(3)16-24-18-31-22(4)27-24/h14,16,18,20,25H,11-13,15,17H2,1-10H3/b19-14-,21-16+. The number of carbonyl (C=O) groups excluding carboxylic acids is 1. The first-order valence-corrected chi connectivity index (χ1v) is 15.6. The number of ether oxygens (including phenoxy) is 1. The van der Waals surface area contributed by atoms with Crippen LogP contribution in [0, 0.1) is 12.8 Å². The summed E-state index contributed by atoms with van der Waals surface area (Å²) in [5.41, 5.74) is 3.29. The van der Waals surface area contributed by atoms with Crippen molar-refractivity contribution < 1.29 is 14.0 Å². The van der Waals surface area contributed by atoms with Gasteiger partial charge in [-0.05, 0) is 75.7 Å². The molecule has 2 unspecified atom stereocenters. The summed E-state index contributed by atoms with van der Waals surface area (Å²) in [7, 11) is -1.67. The van der Waals surface area contributed by atoms with Crippen LogP contribution in [-0.2, 0) is 14.0 Å². The molecule has 0 aliphatic rings. The minimum Gasteiger partial charge on any atom is -0.458 e. The van der Waals surface area contributed by atoms with Gasteiger partial charge in [0.1, 0.15) is 6.10 Å². The molecule has 1 aromatic rings. The Kier molecular flexibility index (Phi) is 11.6. The van der Waals surface area contributed by atoms with Gasteiger partial charge in [0.25, 0.3) is 0 Å². The van der Waals surface area contributed by atoms with E-state index in [2.05, 4.69) is 58.8 Å². The number of allylic oxidation sites excluding steroid dienone is 1. The van der Waals surface area contributed by atoms with Gasteiger partial charge in [0.05, 0.1) is 10.7 Å². The maximum absolute atomic E-state index is 11.6. The van der Waals surface area contributed by atoms with Crippen molar-refractivity contribution in [1.82, 2.24) is 4.98 Å². The third-order valence-electron chi connectivity index (χ3n) is 6.31. The van der Waals surface area contributed by atoms with Gasteiger partial charge in [-0.2, -0.15) is 0 Å². The quantitative estimate of drug-likeness (QED) is 0.173.